The van der Waals surface area contributed by atoms with Crippen LogP contribution in [0.3, 0.4) is 0 Å². The third-order valence-electron chi connectivity index (χ3n) is 2.42. The molecule has 5 heteroatoms. The van der Waals surface area contributed by atoms with E-state index >= 15 is 0 Å². The minimum absolute atomic E-state index is 0.109. The fraction of sp³-hybridized carbons (Fsp3) is 0.0909. The van der Waals surface area contributed by atoms with Gasteiger partial charge in [0.25, 0.3) is 0 Å². The predicted molar refractivity (Wildman–Crippen MR) is 63.8 cm³/mol. The fourth-order valence-corrected chi connectivity index (χ4v) is 2.39. The van der Waals surface area contributed by atoms with E-state index in [4.69, 9.17) is 0 Å². The molecule has 16 heavy (non-hydrogen) atoms. The Morgan fingerprint density at radius 2 is 2.31 bits per heavy atom. The molecule has 1 N–H and O–H groups in total. The number of H-pyrrole nitrogens is 1. The molecule has 3 aromatic heterocycles. The second-order valence-corrected chi connectivity index (χ2v) is 4.50. The first-order valence-corrected chi connectivity index (χ1v) is 5.78. The normalized spacial score (nSPS) is 11.0. The van der Waals surface area contributed by atoms with Gasteiger partial charge in [0.2, 0.25) is 0 Å². The van der Waals surface area contributed by atoms with Crippen LogP contribution in [-0.4, -0.2) is 14.5 Å². The highest BCUT2D eigenvalue weighted by Gasteiger charge is 2.07. The highest BCUT2D eigenvalue weighted by atomic mass is 32.1. The van der Waals surface area contributed by atoms with Gasteiger partial charge < -0.3 is 4.98 Å². The number of pyridine rings is 1. The lowest BCUT2D eigenvalue weighted by Gasteiger charge is -1.99. The van der Waals surface area contributed by atoms with Crippen LogP contribution in [0.5, 0.6) is 0 Å². The maximum absolute atomic E-state index is 11.7. The van der Waals surface area contributed by atoms with E-state index in [1.165, 1.54) is 0 Å². The zero-order valence-electron chi connectivity index (χ0n) is 8.38. The number of imidazole rings is 1. The van der Waals surface area contributed by atoms with E-state index < -0.39 is 0 Å². The monoisotopic (exact) mass is 231 g/mol. The SMILES string of the molecule is O=c1[nH]c2cccnc2n1Cc1cccs1. The van der Waals surface area contributed by atoms with Gasteiger partial charge in [0, 0.05) is 11.1 Å². The van der Waals surface area contributed by atoms with E-state index in [-0.39, 0.29) is 5.69 Å². The zero-order valence-corrected chi connectivity index (χ0v) is 9.20. The van der Waals surface area contributed by atoms with E-state index in [0.717, 1.165) is 10.4 Å². The lowest BCUT2D eigenvalue weighted by Crippen LogP contribution is -2.17. The average molecular weight is 231 g/mol. The summed E-state index contributed by atoms with van der Waals surface area (Å²) < 4.78 is 1.65. The smallest absolute Gasteiger partial charge is 0.304 e. The Kier molecular flexibility index (Phi) is 2.11. The van der Waals surface area contributed by atoms with Crippen LogP contribution in [0.4, 0.5) is 0 Å². The summed E-state index contributed by atoms with van der Waals surface area (Å²) in [5, 5.41) is 2.00. The molecule has 3 heterocycles. The van der Waals surface area contributed by atoms with Gasteiger partial charge in [-0.3, -0.25) is 4.57 Å². The second-order valence-electron chi connectivity index (χ2n) is 3.47. The van der Waals surface area contributed by atoms with Gasteiger partial charge in [0.05, 0.1) is 12.1 Å². The molecule has 0 amide bonds. The van der Waals surface area contributed by atoms with Gasteiger partial charge in [-0.25, -0.2) is 9.78 Å². The van der Waals surface area contributed by atoms with Crippen molar-refractivity contribution in [1.82, 2.24) is 14.5 Å². The Labute approximate surface area is 95.2 Å². The van der Waals surface area contributed by atoms with Crippen molar-refractivity contribution in [2.24, 2.45) is 0 Å². The number of hydrogen-bond acceptors (Lipinski definition) is 3. The highest BCUT2D eigenvalue weighted by molar-refractivity contribution is 7.09. The Morgan fingerprint density at radius 1 is 1.38 bits per heavy atom. The van der Waals surface area contributed by atoms with Crippen LogP contribution in [-0.2, 0) is 6.54 Å². The van der Waals surface area contributed by atoms with Gasteiger partial charge in [0.1, 0.15) is 0 Å². The average Bonchev–Trinajstić information content (AvgIpc) is 2.89. The molecule has 3 aromatic rings. The summed E-state index contributed by atoms with van der Waals surface area (Å²) in [7, 11) is 0. The molecule has 0 spiro atoms. The van der Waals surface area contributed by atoms with Crippen molar-refractivity contribution in [2.45, 2.75) is 6.54 Å². The number of aromatic nitrogens is 3. The first-order valence-electron chi connectivity index (χ1n) is 4.90. The number of aromatic amines is 1. The Hall–Kier alpha value is -1.88. The molecule has 80 valence electrons. The Balaban J connectivity index is 2.16. The topological polar surface area (TPSA) is 50.7 Å². The van der Waals surface area contributed by atoms with Crippen molar-refractivity contribution in [3.8, 4) is 0 Å². The van der Waals surface area contributed by atoms with E-state index in [9.17, 15) is 4.79 Å². The fourth-order valence-electron chi connectivity index (χ4n) is 1.69. The van der Waals surface area contributed by atoms with Crippen LogP contribution in [0, 0.1) is 0 Å². The molecule has 0 aliphatic carbocycles. The third kappa shape index (κ3) is 1.45. The van der Waals surface area contributed by atoms with Crippen LogP contribution in [0.1, 0.15) is 4.88 Å². The van der Waals surface area contributed by atoms with E-state index in [1.807, 2.05) is 29.6 Å². The van der Waals surface area contributed by atoms with Gasteiger partial charge in [-0.1, -0.05) is 6.07 Å². The molecular formula is C11H9N3OS. The molecule has 0 bridgehead atoms. The summed E-state index contributed by atoms with van der Waals surface area (Å²) in [5.74, 6) is 0. The number of hydrogen-bond donors (Lipinski definition) is 1. The summed E-state index contributed by atoms with van der Waals surface area (Å²) in [5.41, 5.74) is 1.38. The number of nitrogens with zero attached hydrogens (tertiary/aromatic N) is 2. The van der Waals surface area contributed by atoms with Crippen molar-refractivity contribution >= 4 is 22.5 Å². The van der Waals surface area contributed by atoms with Gasteiger partial charge in [-0.2, -0.15) is 0 Å². The highest BCUT2D eigenvalue weighted by Crippen LogP contribution is 2.12. The first-order chi connectivity index (χ1) is 7.84. The van der Waals surface area contributed by atoms with Gasteiger partial charge in [-0.05, 0) is 23.6 Å². The molecule has 4 nitrogen and oxygen atoms in total. The summed E-state index contributed by atoms with van der Waals surface area (Å²) in [6.45, 7) is 0.577. The molecule has 0 aliphatic rings. The van der Waals surface area contributed by atoms with Gasteiger partial charge in [-0.15, -0.1) is 11.3 Å². The lowest BCUT2D eigenvalue weighted by molar-refractivity contribution is 0.789. The largest absolute Gasteiger partial charge is 0.328 e. The quantitative estimate of drug-likeness (QED) is 0.731. The molecule has 0 radical (unpaired) electrons. The Morgan fingerprint density at radius 3 is 3.12 bits per heavy atom. The predicted octanol–water partition coefficient (Wildman–Crippen LogP) is 1.83. The number of nitrogens with one attached hydrogen (secondary N) is 1. The molecule has 0 aromatic carbocycles. The zero-order chi connectivity index (χ0) is 11.0. The van der Waals surface area contributed by atoms with Crippen LogP contribution in [0.25, 0.3) is 11.2 Å². The Bertz CT molecular complexity index is 666. The molecule has 0 saturated carbocycles. The molecule has 3 rings (SSSR count). The maximum Gasteiger partial charge on any atom is 0.328 e. The summed E-state index contributed by atoms with van der Waals surface area (Å²) >= 11 is 1.64. The summed E-state index contributed by atoms with van der Waals surface area (Å²) in [4.78, 5) is 19.9. The summed E-state index contributed by atoms with van der Waals surface area (Å²) in [6, 6.07) is 7.66. The van der Waals surface area contributed by atoms with Crippen LogP contribution >= 0.6 is 11.3 Å². The van der Waals surface area contributed by atoms with Gasteiger partial charge >= 0.3 is 5.69 Å². The standard InChI is InChI=1S/C11H9N3OS/c15-11-13-9-4-1-5-12-10(9)14(11)7-8-3-2-6-16-8/h1-6H,7H2,(H,13,15). The van der Waals surface area contributed by atoms with E-state index in [2.05, 4.69) is 9.97 Å². The third-order valence-corrected chi connectivity index (χ3v) is 3.28. The van der Waals surface area contributed by atoms with E-state index in [1.54, 1.807) is 22.1 Å². The van der Waals surface area contributed by atoms with Crippen molar-refractivity contribution < 1.29 is 0 Å². The molecule has 0 saturated heterocycles. The molecule has 0 aliphatic heterocycles. The van der Waals surface area contributed by atoms with Gasteiger partial charge in [0.15, 0.2) is 5.65 Å². The van der Waals surface area contributed by atoms with Crippen molar-refractivity contribution in [3.63, 3.8) is 0 Å². The summed E-state index contributed by atoms with van der Waals surface area (Å²) in [6.07, 6.45) is 1.69. The molecule has 0 atom stereocenters. The van der Waals surface area contributed by atoms with E-state index in [0.29, 0.717) is 12.2 Å². The van der Waals surface area contributed by atoms with Crippen molar-refractivity contribution in [1.29, 1.82) is 0 Å². The minimum Gasteiger partial charge on any atom is -0.304 e. The molecule has 0 unspecified atom stereocenters. The van der Waals surface area contributed by atoms with Crippen LogP contribution in [0.2, 0.25) is 0 Å². The maximum atomic E-state index is 11.7. The molecule has 0 fully saturated rings. The number of fused-ring (bicyclic) bond motifs is 1. The van der Waals surface area contributed by atoms with Crippen molar-refractivity contribution in [3.05, 3.63) is 51.2 Å². The number of rotatable bonds is 2. The van der Waals surface area contributed by atoms with Crippen LogP contribution in [0.15, 0.2) is 40.6 Å². The molecular weight excluding hydrogens is 222 g/mol. The first kappa shape index (κ1) is 9.35. The second kappa shape index (κ2) is 3.61. The number of thiophene rings is 1. The minimum atomic E-state index is -0.109. The van der Waals surface area contributed by atoms with Crippen molar-refractivity contribution in [2.75, 3.05) is 0 Å². The lowest BCUT2D eigenvalue weighted by atomic mass is 10.4. The van der Waals surface area contributed by atoms with Crippen LogP contribution < -0.4 is 5.69 Å².